The molecule has 0 fully saturated rings. The minimum Gasteiger partial charge on any atom is -0.496 e. The second kappa shape index (κ2) is 13.0. The molecule has 3 aromatic carbocycles. The maximum Gasteiger partial charge on any atom is 0.338 e. The van der Waals surface area contributed by atoms with Crippen LogP contribution in [0.5, 0.6) is 11.5 Å². The van der Waals surface area contributed by atoms with Crippen LogP contribution in [-0.2, 0) is 9.47 Å². The molecule has 3 rings (SSSR count). The van der Waals surface area contributed by atoms with E-state index in [1.807, 2.05) is 60.7 Å². The summed E-state index contributed by atoms with van der Waals surface area (Å²) >= 11 is 0. The van der Waals surface area contributed by atoms with Gasteiger partial charge in [0.1, 0.15) is 11.5 Å². The lowest BCUT2D eigenvalue weighted by atomic mass is 10.0. The van der Waals surface area contributed by atoms with E-state index in [2.05, 4.69) is 0 Å². The largest absolute Gasteiger partial charge is 0.496 e. The second-order valence-electron chi connectivity index (χ2n) is 7.69. The number of methoxy groups -OCH3 is 2. The van der Waals surface area contributed by atoms with Crippen molar-refractivity contribution in [3.05, 3.63) is 94.0 Å². The van der Waals surface area contributed by atoms with E-state index in [4.69, 9.17) is 18.9 Å². The van der Waals surface area contributed by atoms with E-state index in [1.165, 1.54) is 0 Å². The number of carbonyl (C=O) groups excluding carboxylic acids is 2. The van der Waals surface area contributed by atoms with Crippen LogP contribution in [0.2, 0.25) is 0 Å². The third-order valence-corrected chi connectivity index (χ3v) is 5.34. The fourth-order valence-electron chi connectivity index (χ4n) is 3.47. The van der Waals surface area contributed by atoms with Gasteiger partial charge in [-0.25, -0.2) is 9.59 Å². The first-order valence-electron chi connectivity index (χ1n) is 11.7. The summed E-state index contributed by atoms with van der Waals surface area (Å²) in [6.07, 6.45) is 7.74. The standard InChI is InChI=1S/C30H30O6/c1-5-35-29(31)23-13-7-21(8-14-23)11-17-25-19-28(34-4)26(20-27(25)33-3)18-12-22-9-15-24(16-10-22)30(32)36-6-2/h7-20H,5-6H2,1-4H3/b17-11+,18-12+. The number of rotatable bonds is 10. The van der Waals surface area contributed by atoms with Gasteiger partial charge in [0.15, 0.2) is 0 Å². The Morgan fingerprint density at radius 3 is 1.28 bits per heavy atom. The predicted molar refractivity (Wildman–Crippen MR) is 142 cm³/mol. The van der Waals surface area contributed by atoms with Crippen LogP contribution < -0.4 is 9.47 Å². The van der Waals surface area contributed by atoms with E-state index in [-0.39, 0.29) is 11.9 Å². The van der Waals surface area contributed by atoms with Gasteiger partial charge in [-0.2, -0.15) is 0 Å². The second-order valence-corrected chi connectivity index (χ2v) is 7.69. The number of esters is 2. The van der Waals surface area contributed by atoms with Crippen molar-refractivity contribution in [3.63, 3.8) is 0 Å². The normalized spacial score (nSPS) is 11.0. The number of ether oxygens (including phenoxy) is 4. The summed E-state index contributed by atoms with van der Waals surface area (Å²) in [5.74, 6) is 0.705. The van der Waals surface area contributed by atoms with Crippen LogP contribution in [-0.4, -0.2) is 39.4 Å². The highest BCUT2D eigenvalue weighted by molar-refractivity contribution is 5.90. The number of carbonyl (C=O) groups is 2. The minimum atomic E-state index is -0.335. The lowest BCUT2D eigenvalue weighted by Gasteiger charge is -2.11. The van der Waals surface area contributed by atoms with Crippen LogP contribution in [0.25, 0.3) is 24.3 Å². The summed E-state index contributed by atoms with van der Waals surface area (Å²) in [4.78, 5) is 23.7. The van der Waals surface area contributed by atoms with Crippen molar-refractivity contribution in [1.29, 1.82) is 0 Å². The monoisotopic (exact) mass is 486 g/mol. The summed E-state index contributed by atoms with van der Waals surface area (Å²) in [7, 11) is 3.24. The molecule has 186 valence electrons. The summed E-state index contributed by atoms with van der Waals surface area (Å²) in [6.45, 7) is 4.25. The Bertz CT molecular complexity index is 1140. The Kier molecular flexibility index (Phi) is 9.46. The van der Waals surface area contributed by atoms with Gasteiger partial charge in [0, 0.05) is 11.1 Å². The molecule has 0 aliphatic heterocycles. The highest BCUT2D eigenvalue weighted by Crippen LogP contribution is 2.31. The predicted octanol–water partition coefficient (Wildman–Crippen LogP) is 6.40. The van der Waals surface area contributed by atoms with E-state index < -0.39 is 0 Å². The molecule has 0 saturated heterocycles. The number of benzene rings is 3. The molecule has 0 spiro atoms. The van der Waals surface area contributed by atoms with Gasteiger partial charge in [-0.3, -0.25) is 0 Å². The van der Waals surface area contributed by atoms with Gasteiger partial charge in [0.25, 0.3) is 0 Å². The van der Waals surface area contributed by atoms with E-state index in [0.717, 1.165) is 22.3 Å². The van der Waals surface area contributed by atoms with E-state index in [9.17, 15) is 9.59 Å². The molecule has 0 aliphatic carbocycles. The molecule has 0 unspecified atom stereocenters. The maximum absolute atomic E-state index is 11.8. The topological polar surface area (TPSA) is 71.1 Å². The Hall–Kier alpha value is -4.32. The summed E-state index contributed by atoms with van der Waals surface area (Å²) in [5, 5.41) is 0. The SMILES string of the molecule is CCOC(=O)c1ccc(/C=C/c2cc(OC)c(/C=C/c3ccc(C(=O)OCC)cc3)cc2OC)cc1. The zero-order chi connectivity index (χ0) is 25.9. The van der Waals surface area contributed by atoms with Crippen LogP contribution in [0.3, 0.4) is 0 Å². The molecule has 0 radical (unpaired) electrons. The van der Waals surface area contributed by atoms with Crippen LogP contribution in [0.1, 0.15) is 56.8 Å². The fraction of sp³-hybridized carbons (Fsp3) is 0.200. The maximum atomic E-state index is 11.8. The van der Waals surface area contributed by atoms with Crippen molar-refractivity contribution >= 4 is 36.2 Å². The van der Waals surface area contributed by atoms with Gasteiger partial charge in [-0.05, 0) is 61.4 Å². The Morgan fingerprint density at radius 1 is 0.611 bits per heavy atom. The van der Waals surface area contributed by atoms with E-state index >= 15 is 0 Å². The first kappa shape index (κ1) is 26.3. The molecule has 0 bridgehead atoms. The van der Waals surface area contributed by atoms with E-state index in [0.29, 0.717) is 35.8 Å². The Morgan fingerprint density at radius 2 is 0.972 bits per heavy atom. The van der Waals surface area contributed by atoms with Crippen molar-refractivity contribution in [2.45, 2.75) is 13.8 Å². The van der Waals surface area contributed by atoms with Crippen LogP contribution in [0, 0.1) is 0 Å². The number of hydrogen-bond donors (Lipinski definition) is 0. The summed E-state index contributed by atoms with van der Waals surface area (Å²) in [5.41, 5.74) is 4.58. The highest BCUT2D eigenvalue weighted by Gasteiger charge is 2.09. The molecular weight excluding hydrogens is 456 g/mol. The average molecular weight is 487 g/mol. The molecule has 0 aromatic heterocycles. The van der Waals surface area contributed by atoms with Gasteiger partial charge in [0.05, 0.1) is 38.6 Å². The van der Waals surface area contributed by atoms with Crippen molar-refractivity contribution in [2.24, 2.45) is 0 Å². The summed E-state index contributed by atoms with van der Waals surface area (Å²) in [6, 6.07) is 18.2. The molecule has 0 amide bonds. The molecule has 0 heterocycles. The van der Waals surface area contributed by atoms with Gasteiger partial charge in [-0.15, -0.1) is 0 Å². The van der Waals surface area contributed by atoms with Gasteiger partial charge < -0.3 is 18.9 Å². The molecule has 6 heteroatoms. The quantitative estimate of drug-likeness (QED) is 0.244. The lowest BCUT2D eigenvalue weighted by Crippen LogP contribution is -2.03. The van der Waals surface area contributed by atoms with Gasteiger partial charge >= 0.3 is 11.9 Å². The lowest BCUT2D eigenvalue weighted by molar-refractivity contribution is 0.0516. The van der Waals surface area contributed by atoms with Crippen LogP contribution in [0.4, 0.5) is 0 Å². The zero-order valence-electron chi connectivity index (χ0n) is 20.9. The zero-order valence-corrected chi connectivity index (χ0v) is 20.9. The van der Waals surface area contributed by atoms with Crippen molar-refractivity contribution in [3.8, 4) is 11.5 Å². The molecular formula is C30H30O6. The first-order valence-corrected chi connectivity index (χ1v) is 11.7. The Labute approximate surface area is 211 Å². The van der Waals surface area contributed by atoms with Crippen molar-refractivity contribution < 1.29 is 28.5 Å². The molecule has 0 aliphatic rings. The molecule has 0 atom stereocenters. The molecule has 6 nitrogen and oxygen atoms in total. The molecule has 36 heavy (non-hydrogen) atoms. The first-order chi connectivity index (χ1) is 17.5. The highest BCUT2D eigenvalue weighted by atomic mass is 16.5. The van der Waals surface area contributed by atoms with Gasteiger partial charge in [-0.1, -0.05) is 48.6 Å². The smallest absolute Gasteiger partial charge is 0.338 e. The van der Waals surface area contributed by atoms with Crippen molar-refractivity contribution in [2.75, 3.05) is 27.4 Å². The van der Waals surface area contributed by atoms with Crippen LogP contribution >= 0.6 is 0 Å². The minimum absolute atomic E-state index is 0.335. The van der Waals surface area contributed by atoms with E-state index in [1.54, 1.807) is 52.3 Å². The van der Waals surface area contributed by atoms with Crippen LogP contribution in [0.15, 0.2) is 60.7 Å². The fourth-order valence-corrected chi connectivity index (χ4v) is 3.47. The average Bonchev–Trinajstić information content (AvgIpc) is 2.91. The van der Waals surface area contributed by atoms with Gasteiger partial charge in [0.2, 0.25) is 0 Å². The Balaban J connectivity index is 1.80. The summed E-state index contributed by atoms with van der Waals surface area (Å²) < 4.78 is 21.3. The molecule has 0 N–H and O–H groups in total. The van der Waals surface area contributed by atoms with Crippen molar-refractivity contribution in [1.82, 2.24) is 0 Å². The third-order valence-electron chi connectivity index (χ3n) is 5.34. The molecule has 0 saturated carbocycles. The number of hydrogen-bond acceptors (Lipinski definition) is 6. The molecule has 3 aromatic rings. The third kappa shape index (κ3) is 6.85.